The molecule has 1 atom stereocenters. The van der Waals surface area contributed by atoms with Gasteiger partial charge in [-0.3, -0.25) is 9.67 Å². The van der Waals surface area contributed by atoms with Gasteiger partial charge in [-0.05, 0) is 37.6 Å². The molecule has 0 aliphatic carbocycles. The van der Waals surface area contributed by atoms with Gasteiger partial charge < -0.3 is 5.32 Å². The maximum atomic E-state index is 14.7. The van der Waals surface area contributed by atoms with Crippen molar-refractivity contribution < 1.29 is 4.39 Å². The van der Waals surface area contributed by atoms with Crippen molar-refractivity contribution in [2.75, 3.05) is 5.32 Å². The van der Waals surface area contributed by atoms with Gasteiger partial charge in [0, 0.05) is 35.5 Å². The Morgan fingerprint density at radius 1 is 1.14 bits per heavy atom. The molecular weight excluding hydrogens is 375 g/mol. The molecule has 2 aromatic heterocycles. The Hall–Kier alpha value is -2.92. The highest BCUT2D eigenvalue weighted by molar-refractivity contribution is 6.34. The molecule has 2 aromatic carbocycles. The van der Waals surface area contributed by atoms with Crippen LogP contribution in [0.15, 0.2) is 54.9 Å². The standard InChI is InChI=1S/C22H20ClFN4/c1-13(27-22-16-6-4-5-7-21(16)25-12-19(22)23)17-10-15(8-9-20(17)24)18-11-26-28(3)14(18)2/h4-13H,1-3H3,(H,25,27)/t13-/m1/s1. The number of benzene rings is 2. The summed E-state index contributed by atoms with van der Waals surface area (Å²) < 4.78 is 16.5. The summed E-state index contributed by atoms with van der Waals surface area (Å²) in [6.45, 7) is 3.92. The molecule has 28 heavy (non-hydrogen) atoms. The van der Waals surface area contributed by atoms with E-state index < -0.39 is 0 Å². The van der Waals surface area contributed by atoms with Gasteiger partial charge in [0.05, 0.1) is 28.5 Å². The number of fused-ring (bicyclic) bond motifs is 1. The summed E-state index contributed by atoms with van der Waals surface area (Å²) in [5, 5.41) is 9.07. The van der Waals surface area contributed by atoms with Crippen LogP contribution in [0.2, 0.25) is 5.02 Å². The zero-order valence-electron chi connectivity index (χ0n) is 15.9. The smallest absolute Gasteiger partial charge is 0.128 e. The van der Waals surface area contributed by atoms with Gasteiger partial charge in [0.25, 0.3) is 0 Å². The molecule has 4 rings (SSSR count). The Morgan fingerprint density at radius 3 is 2.68 bits per heavy atom. The van der Waals surface area contributed by atoms with Crippen molar-refractivity contribution >= 4 is 28.2 Å². The van der Waals surface area contributed by atoms with E-state index in [9.17, 15) is 4.39 Å². The lowest BCUT2D eigenvalue weighted by Gasteiger charge is -2.19. The lowest BCUT2D eigenvalue weighted by Crippen LogP contribution is -2.10. The SMILES string of the molecule is Cc1c(-c2ccc(F)c([C@@H](C)Nc3c(Cl)cnc4ccccc34)c2)cnn1C. The van der Waals surface area contributed by atoms with E-state index >= 15 is 0 Å². The number of hydrogen-bond acceptors (Lipinski definition) is 3. The number of aryl methyl sites for hydroxylation is 1. The average molecular weight is 395 g/mol. The fourth-order valence-corrected chi connectivity index (χ4v) is 3.59. The van der Waals surface area contributed by atoms with Gasteiger partial charge in [-0.15, -0.1) is 0 Å². The van der Waals surface area contributed by atoms with Crippen molar-refractivity contribution in [1.29, 1.82) is 0 Å². The second-order valence-electron chi connectivity index (χ2n) is 6.87. The molecule has 1 N–H and O–H groups in total. The molecular formula is C22H20ClFN4. The molecule has 2 heterocycles. The minimum Gasteiger partial charge on any atom is -0.377 e. The summed E-state index contributed by atoms with van der Waals surface area (Å²) >= 11 is 6.40. The van der Waals surface area contributed by atoms with Crippen molar-refractivity contribution in [1.82, 2.24) is 14.8 Å². The highest BCUT2D eigenvalue weighted by Crippen LogP contribution is 2.34. The Labute approximate surface area is 168 Å². The third-order valence-corrected chi connectivity index (χ3v) is 5.39. The maximum Gasteiger partial charge on any atom is 0.128 e. The number of anilines is 1. The predicted molar refractivity (Wildman–Crippen MR) is 112 cm³/mol. The first-order valence-electron chi connectivity index (χ1n) is 9.04. The third-order valence-electron chi connectivity index (χ3n) is 5.10. The number of aromatic nitrogens is 3. The molecule has 0 saturated heterocycles. The Morgan fingerprint density at radius 2 is 1.93 bits per heavy atom. The van der Waals surface area contributed by atoms with Gasteiger partial charge in [0.2, 0.25) is 0 Å². The van der Waals surface area contributed by atoms with Crippen molar-refractivity contribution in [3.8, 4) is 11.1 Å². The molecule has 0 saturated carbocycles. The molecule has 0 fully saturated rings. The summed E-state index contributed by atoms with van der Waals surface area (Å²) in [5.74, 6) is -0.264. The maximum absolute atomic E-state index is 14.7. The first-order chi connectivity index (χ1) is 13.5. The fourth-order valence-electron chi connectivity index (χ4n) is 3.38. The van der Waals surface area contributed by atoms with Gasteiger partial charge in [-0.25, -0.2) is 4.39 Å². The third kappa shape index (κ3) is 3.22. The quantitative estimate of drug-likeness (QED) is 0.468. The monoisotopic (exact) mass is 394 g/mol. The Bertz CT molecular complexity index is 1170. The number of hydrogen-bond donors (Lipinski definition) is 1. The predicted octanol–water partition coefficient (Wildman–Crippen LogP) is 5.91. The number of rotatable bonds is 4. The number of pyridine rings is 1. The van der Waals surface area contributed by atoms with E-state index in [1.54, 1.807) is 18.5 Å². The fraction of sp³-hybridized carbons (Fsp3) is 0.182. The lowest BCUT2D eigenvalue weighted by atomic mass is 9.99. The summed E-state index contributed by atoms with van der Waals surface area (Å²) in [6.07, 6.45) is 3.42. The van der Waals surface area contributed by atoms with Crippen LogP contribution >= 0.6 is 11.6 Å². The molecule has 0 amide bonds. The zero-order chi connectivity index (χ0) is 19.8. The normalized spacial score (nSPS) is 12.3. The van der Waals surface area contributed by atoms with Gasteiger partial charge >= 0.3 is 0 Å². The van der Waals surface area contributed by atoms with E-state index in [-0.39, 0.29) is 11.9 Å². The molecule has 0 unspecified atom stereocenters. The molecule has 6 heteroatoms. The van der Waals surface area contributed by atoms with E-state index in [2.05, 4.69) is 15.4 Å². The topological polar surface area (TPSA) is 42.7 Å². The van der Waals surface area contributed by atoms with Crippen LogP contribution < -0.4 is 5.32 Å². The van der Waals surface area contributed by atoms with E-state index in [1.165, 1.54) is 6.07 Å². The van der Waals surface area contributed by atoms with Crippen molar-refractivity contribution in [3.63, 3.8) is 0 Å². The largest absolute Gasteiger partial charge is 0.377 e. The van der Waals surface area contributed by atoms with Crippen molar-refractivity contribution in [2.45, 2.75) is 19.9 Å². The zero-order valence-corrected chi connectivity index (χ0v) is 16.6. The van der Waals surface area contributed by atoms with Gasteiger partial charge in [0.1, 0.15) is 5.82 Å². The molecule has 4 aromatic rings. The number of halogens is 2. The molecule has 0 radical (unpaired) electrons. The van der Waals surface area contributed by atoms with E-state index in [0.29, 0.717) is 10.6 Å². The highest BCUT2D eigenvalue weighted by Gasteiger charge is 2.17. The summed E-state index contributed by atoms with van der Waals surface area (Å²) in [4.78, 5) is 4.35. The van der Waals surface area contributed by atoms with E-state index in [4.69, 9.17) is 11.6 Å². The Kier molecular flexibility index (Phi) is 4.77. The van der Waals surface area contributed by atoms with Crippen LogP contribution in [0.5, 0.6) is 0 Å². The van der Waals surface area contributed by atoms with Crippen LogP contribution in [-0.2, 0) is 7.05 Å². The average Bonchev–Trinajstić information content (AvgIpc) is 3.03. The van der Waals surface area contributed by atoms with Gasteiger partial charge in [-0.2, -0.15) is 5.10 Å². The van der Waals surface area contributed by atoms with Gasteiger partial charge in [0.15, 0.2) is 0 Å². The van der Waals surface area contributed by atoms with Crippen LogP contribution in [0.4, 0.5) is 10.1 Å². The van der Waals surface area contributed by atoms with Crippen LogP contribution in [-0.4, -0.2) is 14.8 Å². The van der Waals surface area contributed by atoms with Crippen LogP contribution in [0.1, 0.15) is 24.2 Å². The molecule has 0 bridgehead atoms. The minimum atomic E-state index is -0.291. The first-order valence-corrected chi connectivity index (χ1v) is 9.41. The highest BCUT2D eigenvalue weighted by atomic mass is 35.5. The van der Waals surface area contributed by atoms with Crippen molar-refractivity contribution in [2.24, 2.45) is 7.05 Å². The Balaban J connectivity index is 1.73. The molecule has 142 valence electrons. The summed E-state index contributed by atoms with van der Waals surface area (Å²) in [5.41, 5.74) is 5.10. The van der Waals surface area contributed by atoms with E-state index in [1.807, 2.05) is 55.9 Å². The number of para-hydroxylation sites is 1. The van der Waals surface area contributed by atoms with Crippen LogP contribution in [0, 0.1) is 12.7 Å². The molecule has 0 aliphatic heterocycles. The van der Waals surface area contributed by atoms with Crippen molar-refractivity contribution in [3.05, 3.63) is 77.0 Å². The minimum absolute atomic E-state index is 0.264. The van der Waals surface area contributed by atoms with E-state index in [0.717, 1.165) is 33.4 Å². The number of nitrogens with one attached hydrogen (secondary N) is 1. The molecule has 0 spiro atoms. The first kappa shape index (κ1) is 18.4. The van der Waals surface area contributed by atoms with Gasteiger partial charge in [-0.1, -0.05) is 35.9 Å². The van der Waals surface area contributed by atoms with Crippen LogP contribution in [0.25, 0.3) is 22.0 Å². The molecule has 4 nitrogen and oxygen atoms in total. The molecule has 0 aliphatic rings. The summed E-state index contributed by atoms with van der Waals surface area (Å²) in [6, 6.07) is 12.6. The van der Waals surface area contributed by atoms with Crippen LogP contribution in [0.3, 0.4) is 0 Å². The second-order valence-corrected chi connectivity index (χ2v) is 7.28. The second kappa shape index (κ2) is 7.24. The summed E-state index contributed by atoms with van der Waals surface area (Å²) in [7, 11) is 1.89. The lowest BCUT2D eigenvalue weighted by molar-refractivity contribution is 0.600. The number of nitrogens with zero attached hydrogens (tertiary/aromatic N) is 3.